The number of thioether (sulfide) groups is 1. The first-order chi connectivity index (χ1) is 11.5. The smallest absolute Gasteiger partial charge is 0.262 e. The molecule has 0 unspecified atom stereocenters. The van der Waals surface area contributed by atoms with Gasteiger partial charge in [0, 0.05) is 21.6 Å². The van der Waals surface area contributed by atoms with Crippen molar-refractivity contribution in [2.24, 2.45) is 0 Å². The van der Waals surface area contributed by atoms with E-state index >= 15 is 0 Å². The van der Waals surface area contributed by atoms with Gasteiger partial charge in [0.05, 0.1) is 24.8 Å². The van der Waals surface area contributed by atoms with Crippen LogP contribution >= 0.6 is 23.1 Å². The molecule has 1 N–H and O–H groups in total. The van der Waals surface area contributed by atoms with Crippen molar-refractivity contribution in [2.45, 2.75) is 19.6 Å². The number of rotatable bonds is 4. The van der Waals surface area contributed by atoms with Crippen LogP contribution < -0.4 is 14.8 Å². The van der Waals surface area contributed by atoms with Crippen molar-refractivity contribution >= 4 is 40.8 Å². The van der Waals surface area contributed by atoms with Crippen molar-refractivity contribution in [1.29, 1.82) is 0 Å². The number of ether oxygens (including phenoxy) is 2. The van der Waals surface area contributed by atoms with Crippen LogP contribution in [0.2, 0.25) is 0 Å². The van der Waals surface area contributed by atoms with E-state index in [4.69, 9.17) is 9.47 Å². The number of hydrogen-bond acceptors (Lipinski definition) is 5. The van der Waals surface area contributed by atoms with Gasteiger partial charge >= 0.3 is 0 Å². The summed E-state index contributed by atoms with van der Waals surface area (Å²) in [7, 11) is 3.17. The number of benzene rings is 1. The molecule has 1 aliphatic rings. The molecular weight excluding hydrogens is 342 g/mol. The molecule has 2 aromatic rings. The molecule has 0 aliphatic carbocycles. The lowest BCUT2D eigenvalue weighted by molar-refractivity contribution is -0.112. The van der Waals surface area contributed by atoms with Gasteiger partial charge in [-0.1, -0.05) is 0 Å². The molecule has 0 spiro atoms. The molecule has 0 bridgehead atoms. The number of fused-ring (bicyclic) bond motifs is 1. The average Bonchev–Trinajstić information content (AvgIpc) is 2.88. The monoisotopic (exact) mass is 361 g/mol. The van der Waals surface area contributed by atoms with Crippen molar-refractivity contribution < 1.29 is 14.3 Å². The largest absolute Gasteiger partial charge is 0.497 e. The molecule has 3 rings (SSSR count). The minimum absolute atomic E-state index is 0.124. The lowest BCUT2D eigenvalue weighted by atomic mass is 10.1. The van der Waals surface area contributed by atoms with Crippen molar-refractivity contribution in [3.63, 3.8) is 0 Å². The first kappa shape index (κ1) is 16.9. The van der Waals surface area contributed by atoms with Crippen LogP contribution in [-0.2, 0) is 10.5 Å². The topological polar surface area (TPSA) is 47.6 Å². The van der Waals surface area contributed by atoms with E-state index in [2.05, 4.69) is 19.2 Å². The van der Waals surface area contributed by atoms with Crippen LogP contribution in [-0.4, -0.2) is 20.1 Å². The van der Waals surface area contributed by atoms with Gasteiger partial charge in [0.2, 0.25) is 0 Å². The maximum atomic E-state index is 12.6. The number of thiophene rings is 1. The van der Waals surface area contributed by atoms with Crippen molar-refractivity contribution in [1.82, 2.24) is 0 Å². The summed E-state index contributed by atoms with van der Waals surface area (Å²) >= 11 is 3.31. The van der Waals surface area contributed by atoms with E-state index in [1.807, 2.05) is 6.08 Å². The predicted molar refractivity (Wildman–Crippen MR) is 101 cm³/mol. The lowest BCUT2D eigenvalue weighted by Gasteiger charge is -2.15. The number of carbonyl (C=O) groups is 1. The third-order valence-corrected chi connectivity index (χ3v) is 6.30. The maximum Gasteiger partial charge on any atom is 0.262 e. The van der Waals surface area contributed by atoms with E-state index in [9.17, 15) is 4.79 Å². The highest BCUT2D eigenvalue weighted by atomic mass is 32.2. The average molecular weight is 361 g/mol. The van der Waals surface area contributed by atoms with Gasteiger partial charge in [0.15, 0.2) is 0 Å². The highest BCUT2D eigenvalue weighted by molar-refractivity contribution is 8.03. The SMILES string of the molecule is COc1ccc(OC)c(NC(=O)C2=Cc3sc(C)c(C)c3CS2)c1. The summed E-state index contributed by atoms with van der Waals surface area (Å²) in [5.41, 5.74) is 3.29. The highest BCUT2D eigenvalue weighted by Gasteiger charge is 2.21. The Morgan fingerprint density at radius 2 is 2.00 bits per heavy atom. The summed E-state index contributed by atoms with van der Waals surface area (Å²) < 4.78 is 10.5. The predicted octanol–water partition coefficient (Wildman–Crippen LogP) is 4.61. The lowest BCUT2D eigenvalue weighted by Crippen LogP contribution is -2.14. The molecule has 2 heterocycles. The summed E-state index contributed by atoms with van der Waals surface area (Å²) in [6.07, 6.45) is 1.98. The molecule has 4 nitrogen and oxygen atoms in total. The first-order valence-electron chi connectivity index (χ1n) is 7.50. The molecule has 1 aromatic carbocycles. The number of hydrogen-bond donors (Lipinski definition) is 1. The van der Waals surface area contributed by atoms with Crippen LogP contribution in [0.25, 0.3) is 6.08 Å². The fourth-order valence-corrected chi connectivity index (χ4v) is 4.89. The third kappa shape index (κ3) is 3.16. The van der Waals surface area contributed by atoms with Gasteiger partial charge in [-0.2, -0.15) is 0 Å². The summed E-state index contributed by atoms with van der Waals surface area (Å²) in [4.78, 5) is 15.9. The van der Waals surface area contributed by atoms with Crippen LogP contribution in [0.1, 0.15) is 20.9 Å². The van der Waals surface area contributed by atoms with Crippen LogP contribution in [0, 0.1) is 13.8 Å². The quantitative estimate of drug-likeness (QED) is 0.864. The Morgan fingerprint density at radius 1 is 1.21 bits per heavy atom. The second kappa shape index (κ2) is 6.91. The van der Waals surface area contributed by atoms with Crippen LogP contribution in [0.3, 0.4) is 0 Å². The van der Waals surface area contributed by atoms with Crippen molar-refractivity contribution in [3.8, 4) is 11.5 Å². The van der Waals surface area contributed by atoms with Gasteiger partial charge in [-0.05, 0) is 43.2 Å². The van der Waals surface area contributed by atoms with Gasteiger partial charge in [0.1, 0.15) is 11.5 Å². The summed E-state index contributed by atoms with van der Waals surface area (Å²) in [6, 6.07) is 5.34. The van der Waals surface area contributed by atoms with E-state index in [0.717, 1.165) is 5.75 Å². The number of anilines is 1. The first-order valence-corrected chi connectivity index (χ1v) is 9.30. The van der Waals surface area contributed by atoms with Crippen molar-refractivity contribution in [3.05, 3.63) is 44.0 Å². The zero-order chi connectivity index (χ0) is 17.3. The molecule has 1 aliphatic heterocycles. The molecular formula is C18H19NO3S2. The maximum absolute atomic E-state index is 12.6. The Balaban J connectivity index is 1.86. The van der Waals surface area contributed by atoms with E-state index < -0.39 is 0 Å². The van der Waals surface area contributed by atoms with Crippen LogP contribution in [0.4, 0.5) is 5.69 Å². The molecule has 0 saturated heterocycles. The summed E-state index contributed by atoms with van der Waals surface area (Å²) in [5, 5.41) is 2.93. The van der Waals surface area contributed by atoms with Crippen molar-refractivity contribution in [2.75, 3.05) is 19.5 Å². The molecule has 126 valence electrons. The van der Waals surface area contributed by atoms with Gasteiger partial charge in [-0.3, -0.25) is 4.79 Å². The van der Waals surface area contributed by atoms with Gasteiger partial charge in [-0.25, -0.2) is 0 Å². The Morgan fingerprint density at radius 3 is 2.71 bits per heavy atom. The summed E-state index contributed by atoms with van der Waals surface area (Å²) in [6.45, 7) is 4.27. The van der Waals surface area contributed by atoms with E-state index in [1.54, 1.807) is 55.5 Å². The Labute approximate surface area is 149 Å². The number of amides is 1. The number of nitrogens with one attached hydrogen (secondary N) is 1. The fraction of sp³-hybridized carbons (Fsp3) is 0.278. The molecule has 0 fully saturated rings. The highest BCUT2D eigenvalue weighted by Crippen LogP contribution is 2.40. The number of aryl methyl sites for hydroxylation is 1. The van der Waals surface area contributed by atoms with Crippen LogP contribution in [0.15, 0.2) is 23.1 Å². The molecule has 0 saturated carbocycles. The minimum atomic E-state index is -0.124. The number of carbonyl (C=O) groups excluding carboxylic acids is 1. The third-order valence-electron chi connectivity index (χ3n) is 4.05. The Kier molecular flexibility index (Phi) is 4.87. The molecule has 24 heavy (non-hydrogen) atoms. The van der Waals surface area contributed by atoms with Gasteiger partial charge in [0.25, 0.3) is 5.91 Å². The standard InChI is InChI=1S/C18H19NO3S2/c1-10-11(2)24-16-8-17(23-9-13(10)16)18(20)19-14-7-12(21-3)5-6-15(14)22-4/h5-8H,9H2,1-4H3,(H,19,20). The number of methoxy groups -OCH3 is 2. The second-order valence-electron chi connectivity index (χ2n) is 5.44. The molecule has 1 amide bonds. The molecule has 6 heteroatoms. The molecule has 0 atom stereocenters. The minimum Gasteiger partial charge on any atom is -0.497 e. The van der Waals surface area contributed by atoms with Gasteiger partial charge < -0.3 is 14.8 Å². The second-order valence-corrected chi connectivity index (χ2v) is 7.72. The Bertz CT molecular complexity index is 824. The van der Waals surface area contributed by atoms with E-state index in [0.29, 0.717) is 22.1 Å². The van der Waals surface area contributed by atoms with Crippen LogP contribution in [0.5, 0.6) is 11.5 Å². The molecule has 1 aromatic heterocycles. The zero-order valence-electron chi connectivity index (χ0n) is 14.1. The molecule has 0 radical (unpaired) electrons. The van der Waals surface area contributed by atoms with E-state index in [-0.39, 0.29) is 5.91 Å². The zero-order valence-corrected chi connectivity index (χ0v) is 15.7. The van der Waals surface area contributed by atoms with Gasteiger partial charge in [-0.15, -0.1) is 23.1 Å². The summed E-state index contributed by atoms with van der Waals surface area (Å²) in [5.74, 6) is 1.98. The fourth-order valence-electron chi connectivity index (χ4n) is 2.53. The normalized spacial score (nSPS) is 13.1. The Hall–Kier alpha value is -1.92. The van der Waals surface area contributed by atoms with E-state index in [1.165, 1.54) is 20.9 Å².